The van der Waals surface area contributed by atoms with Crippen LogP contribution in [-0.2, 0) is 13.5 Å². The third kappa shape index (κ3) is 2.62. The molecule has 5 heteroatoms. The van der Waals surface area contributed by atoms with Crippen molar-refractivity contribution in [2.75, 3.05) is 5.32 Å². The largest absolute Gasteiger partial charge is 0.331 e. The van der Waals surface area contributed by atoms with E-state index in [1.807, 2.05) is 60.4 Å². The summed E-state index contributed by atoms with van der Waals surface area (Å²) >= 11 is 0. The van der Waals surface area contributed by atoms with Gasteiger partial charge in [-0.05, 0) is 30.7 Å². The quantitative estimate of drug-likeness (QED) is 0.755. The van der Waals surface area contributed by atoms with E-state index in [0.29, 0.717) is 0 Å². The van der Waals surface area contributed by atoms with Crippen molar-refractivity contribution >= 4 is 22.5 Å². The second-order valence-electron chi connectivity index (χ2n) is 6.24. The number of aryl methyl sites for hydroxylation is 1. The summed E-state index contributed by atoms with van der Waals surface area (Å²) in [6.07, 6.45) is 4.90. The fourth-order valence-electron chi connectivity index (χ4n) is 3.51. The smallest absolute Gasteiger partial charge is 0.319 e. The first kappa shape index (κ1) is 14.8. The number of nitrogens with one attached hydrogen (secondary N) is 2. The molecule has 0 aliphatic heterocycles. The van der Waals surface area contributed by atoms with Crippen LogP contribution in [0.1, 0.15) is 30.1 Å². The molecule has 0 fully saturated rings. The van der Waals surface area contributed by atoms with E-state index in [1.165, 1.54) is 5.69 Å². The van der Waals surface area contributed by atoms with Gasteiger partial charge in [0.2, 0.25) is 0 Å². The maximum atomic E-state index is 12.5. The maximum Gasteiger partial charge on any atom is 0.319 e. The monoisotopic (exact) mass is 320 g/mol. The van der Waals surface area contributed by atoms with Crippen molar-refractivity contribution in [3.63, 3.8) is 0 Å². The first-order valence-electron chi connectivity index (χ1n) is 8.28. The molecule has 1 aliphatic carbocycles. The number of hydrogen-bond donors (Lipinski definition) is 2. The molecule has 4 rings (SSSR count). The Bertz CT molecular complexity index is 894. The van der Waals surface area contributed by atoms with Gasteiger partial charge in [-0.2, -0.15) is 5.10 Å². The van der Waals surface area contributed by atoms with Gasteiger partial charge in [-0.15, -0.1) is 0 Å². The highest BCUT2D eigenvalue weighted by atomic mass is 16.2. The Morgan fingerprint density at radius 2 is 2.04 bits per heavy atom. The molecule has 1 aromatic heterocycles. The minimum Gasteiger partial charge on any atom is -0.331 e. The number of rotatable bonds is 2. The van der Waals surface area contributed by atoms with E-state index in [1.54, 1.807) is 0 Å². The van der Waals surface area contributed by atoms with Crippen LogP contribution in [0.25, 0.3) is 10.8 Å². The van der Waals surface area contributed by atoms with Gasteiger partial charge in [-0.25, -0.2) is 4.79 Å². The number of nitrogens with zero attached hydrogens (tertiary/aromatic N) is 2. The molecule has 2 aromatic carbocycles. The third-order valence-corrected chi connectivity index (χ3v) is 4.72. The Labute approximate surface area is 140 Å². The van der Waals surface area contributed by atoms with Crippen molar-refractivity contribution in [1.82, 2.24) is 15.1 Å². The van der Waals surface area contributed by atoms with Gasteiger partial charge >= 0.3 is 6.03 Å². The van der Waals surface area contributed by atoms with E-state index in [0.717, 1.165) is 41.3 Å². The minimum atomic E-state index is -0.173. The molecule has 1 unspecified atom stereocenters. The molecule has 2 N–H and O–H groups in total. The molecule has 0 spiro atoms. The van der Waals surface area contributed by atoms with Crippen molar-refractivity contribution in [3.05, 3.63) is 59.9 Å². The molecule has 2 amide bonds. The molecule has 3 aromatic rings. The predicted molar refractivity (Wildman–Crippen MR) is 95.0 cm³/mol. The van der Waals surface area contributed by atoms with Crippen molar-refractivity contribution in [3.8, 4) is 0 Å². The molecular weight excluding hydrogens is 300 g/mol. The SMILES string of the molecule is Cn1ncc2c1CCCC2NC(=O)Nc1cccc2ccccc12. The topological polar surface area (TPSA) is 59.0 Å². The Morgan fingerprint density at radius 3 is 2.96 bits per heavy atom. The van der Waals surface area contributed by atoms with Gasteiger partial charge in [-0.3, -0.25) is 4.68 Å². The van der Waals surface area contributed by atoms with Gasteiger partial charge in [0.05, 0.1) is 17.9 Å². The Balaban J connectivity index is 1.53. The number of anilines is 1. The summed E-state index contributed by atoms with van der Waals surface area (Å²) in [5.41, 5.74) is 3.18. The molecule has 0 radical (unpaired) electrons. The van der Waals surface area contributed by atoms with E-state index in [9.17, 15) is 4.79 Å². The lowest BCUT2D eigenvalue weighted by Crippen LogP contribution is -2.34. The van der Waals surface area contributed by atoms with Crippen LogP contribution >= 0.6 is 0 Å². The lowest BCUT2D eigenvalue weighted by atomic mass is 9.93. The molecule has 5 nitrogen and oxygen atoms in total. The summed E-state index contributed by atoms with van der Waals surface area (Å²) in [5.74, 6) is 0. The van der Waals surface area contributed by atoms with E-state index in [-0.39, 0.29) is 12.1 Å². The zero-order valence-electron chi connectivity index (χ0n) is 13.6. The maximum absolute atomic E-state index is 12.5. The van der Waals surface area contributed by atoms with Crippen molar-refractivity contribution in [2.45, 2.75) is 25.3 Å². The van der Waals surface area contributed by atoms with Crippen molar-refractivity contribution < 1.29 is 4.79 Å². The van der Waals surface area contributed by atoms with Crippen LogP contribution in [0.4, 0.5) is 10.5 Å². The van der Waals surface area contributed by atoms with E-state index < -0.39 is 0 Å². The second kappa shape index (κ2) is 6.00. The molecule has 24 heavy (non-hydrogen) atoms. The van der Waals surface area contributed by atoms with E-state index in [2.05, 4.69) is 15.7 Å². The molecule has 0 saturated carbocycles. The van der Waals surface area contributed by atoms with Gasteiger partial charge in [0, 0.05) is 23.7 Å². The summed E-state index contributed by atoms with van der Waals surface area (Å²) in [7, 11) is 1.96. The third-order valence-electron chi connectivity index (χ3n) is 4.72. The number of urea groups is 1. The average Bonchev–Trinajstić information content (AvgIpc) is 2.98. The lowest BCUT2D eigenvalue weighted by molar-refractivity contribution is 0.247. The normalized spacial score (nSPS) is 16.6. The Morgan fingerprint density at radius 1 is 1.21 bits per heavy atom. The summed E-state index contributed by atoms with van der Waals surface area (Å²) in [6, 6.07) is 13.8. The fourth-order valence-corrected chi connectivity index (χ4v) is 3.51. The first-order valence-corrected chi connectivity index (χ1v) is 8.28. The molecule has 0 bridgehead atoms. The highest BCUT2D eigenvalue weighted by Crippen LogP contribution is 2.29. The van der Waals surface area contributed by atoms with Gasteiger partial charge in [0.25, 0.3) is 0 Å². The Hall–Kier alpha value is -2.82. The molecule has 122 valence electrons. The lowest BCUT2D eigenvalue weighted by Gasteiger charge is -2.24. The molecule has 1 atom stereocenters. The zero-order chi connectivity index (χ0) is 16.5. The average molecular weight is 320 g/mol. The Kier molecular flexibility index (Phi) is 3.69. The number of benzene rings is 2. The second-order valence-corrected chi connectivity index (χ2v) is 6.24. The van der Waals surface area contributed by atoms with Crippen LogP contribution in [-0.4, -0.2) is 15.8 Å². The first-order chi connectivity index (χ1) is 11.7. The molecular formula is C19H20N4O. The summed E-state index contributed by atoms with van der Waals surface area (Å²) in [5, 5.41) is 12.6. The summed E-state index contributed by atoms with van der Waals surface area (Å²) < 4.78 is 1.91. The molecule has 1 heterocycles. The fraction of sp³-hybridized carbons (Fsp3) is 0.263. The molecule has 0 saturated heterocycles. The summed E-state index contributed by atoms with van der Waals surface area (Å²) in [4.78, 5) is 12.5. The van der Waals surface area contributed by atoms with Gasteiger partial charge in [-0.1, -0.05) is 36.4 Å². The summed E-state index contributed by atoms with van der Waals surface area (Å²) in [6.45, 7) is 0. The molecule has 1 aliphatic rings. The van der Waals surface area contributed by atoms with Gasteiger partial charge in [0.15, 0.2) is 0 Å². The highest BCUT2D eigenvalue weighted by molar-refractivity contribution is 6.01. The number of fused-ring (bicyclic) bond motifs is 2. The number of hydrogen-bond acceptors (Lipinski definition) is 2. The van der Waals surface area contributed by atoms with Crippen molar-refractivity contribution in [1.29, 1.82) is 0 Å². The van der Waals surface area contributed by atoms with Crippen LogP contribution < -0.4 is 10.6 Å². The standard InChI is InChI=1S/C19H20N4O/c1-23-18-11-5-10-17(15(18)12-20-23)22-19(24)21-16-9-4-7-13-6-2-3-8-14(13)16/h2-4,6-9,12,17H,5,10-11H2,1H3,(H2,21,22,24). The van der Waals surface area contributed by atoms with Gasteiger partial charge in [0.1, 0.15) is 0 Å². The van der Waals surface area contributed by atoms with E-state index >= 15 is 0 Å². The van der Waals surface area contributed by atoms with Gasteiger partial charge < -0.3 is 10.6 Å². The number of amides is 2. The van der Waals surface area contributed by atoms with Crippen LogP contribution in [0.15, 0.2) is 48.7 Å². The van der Waals surface area contributed by atoms with Crippen LogP contribution in [0.2, 0.25) is 0 Å². The predicted octanol–water partition coefficient (Wildman–Crippen LogP) is 3.77. The van der Waals surface area contributed by atoms with Crippen molar-refractivity contribution in [2.24, 2.45) is 7.05 Å². The van der Waals surface area contributed by atoms with Crippen LogP contribution in [0.3, 0.4) is 0 Å². The number of aromatic nitrogens is 2. The highest BCUT2D eigenvalue weighted by Gasteiger charge is 2.24. The minimum absolute atomic E-state index is 0.0254. The van der Waals surface area contributed by atoms with Crippen LogP contribution in [0, 0.1) is 0 Å². The number of carbonyl (C=O) groups is 1. The number of carbonyl (C=O) groups excluding carboxylic acids is 1. The van der Waals surface area contributed by atoms with Crippen LogP contribution in [0.5, 0.6) is 0 Å². The van der Waals surface area contributed by atoms with E-state index in [4.69, 9.17) is 0 Å². The zero-order valence-corrected chi connectivity index (χ0v) is 13.6.